The molecule has 1 aliphatic rings. The quantitative estimate of drug-likeness (QED) is 0.237. The minimum atomic E-state index is 0. The lowest BCUT2D eigenvalue weighted by Gasteiger charge is -2.21. The predicted molar refractivity (Wildman–Crippen MR) is 134 cm³/mol. The van der Waals surface area contributed by atoms with Crippen LogP contribution in [-0.4, -0.2) is 47.8 Å². The van der Waals surface area contributed by atoms with Gasteiger partial charge in [0.1, 0.15) is 0 Å². The zero-order valence-corrected chi connectivity index (χ0v) is 20.9. The minimum Gasteiger partial charge on any atom is -0.357 e. The smallest absolute Gasteiger partial charge is 0.193 e. The molecular formula is C21H31IN4S2. The van der Waals surface area contributed by atoms with Gasteiger partial charge in [-0.15, -0.1) is 47.1 Å². The molecule has 1 saturated heterocycles. The maximum absolute atomic E-state index is 4.90. The van der Waals surface area contributed by atoms with Crippen LogP contribution in [-0.2, 0) is 6.42 Å². The third-order valence-electron chi connectivity index (χ3n) is 4.75. The Bertz CT molecular complexity index is 748. The number of likely N-dealkylation sites (tertiary alicyclic amines) is 1. The van der Waals surface area contributed by atoms with Gasteiger partial charge >= 0.3 is 0 Å². The van der Waals surface area contributed by atoms with Crippen molar-refractivity contribution in [1.82, 2.24) is 15.2 Å². The summed E-state index contributed by atoms with van der Waals surface area (Å²) in [6.07, 6.45) is 2.23. The highest BCUT2D eigenvalue weighted by molar-refractivity contribution is 14.0. The Labute approximate surface area is 194 Å². The number of guanidine groups is 1. The number of aliphatic imine (C=N–C) groups is 1. The first-order chi connectivity index (χ1) is 13.2. The molecule has 154 valence electrons. The molecule has 1 aromatic carbocycles. The molecule has 1 N–H and O–H groups in total. The van der Waals surface area contributed by atoms with E-state index in [0.29, 0.717) is 0 Å². The summed E-state index contributed by atoms with van der Waals surface area (Å²) in [6.45, 7) is 10.3. The van der Waals surface area contributed by atoms with Gasteiger partial charge in [-0.1, -0.05) is 18.2 Å². The van der Waals surface area contributed by atoms with Gasteiger partial charge in [0, 0.05) is 48.1 Å². The molecule has 1 atom stereocenters. The highest BCUT2D eigenvalue weighted by Crippen LogP contribution is 2.26. The van der Waals surface area contributed by atoms with Crippen molar-refractivity contribution in [2.24, 2.45) is 10.9 Å². The van der Waals surface area contributed by atoms with E-state index in [9.17, 15) is 0 Å². The van der Waals surface area contributed by atoms with Crippen LogP contribution in [0.25, 0.3) is 0 Å². The van der Waals surface area contributed by atoms with E-state index in [1.165, 1.54) is 21.9 Å². The van der Waals surface area contributed by atoms with E-state index in [1.807, 2.05) is 11.8 Å². The maximum Gasteiger partial charge on any atom is 0.193 e. The molecule has 0 amide bonds. The second-order valence-electron chi connectivity index (χ2n) is 6.95. The molecule has 0 radical (unpaired) electrons. The highest BCUT2D eigenvalue weighted by atomic mass is 127. The summed E-state index contributed by atoms with van der Waals surface area (Å²) >= 11 is 3.77. The van der Waals surface area contributed by atoms with E-state index in [0.717, 1.165) is 55.2 Å². The van der Waals surface area contributed by atoms with Crippen LogP contribution in [0.2, 0.25) is 0 Å². The van der Waals surface area contributed by atoms with Crippen LogP contribution in [0.5, 0.6) is 0 Å². The van der Waals surface area contributed by atoms with Crippen molar-refractivity contribution < 1.29 is 0 Å². The van der Waals surface area contributed by atoms with Crippen LogP contribution in [0.15, 0.2) is 40.2 Å². The first-order valence-electron chi connectivity index (χ1n) is 9.79. The molecule has 3 rings (SSSR count). The van der Waals surface area contributed by atoms with Crippen LogP contribution in [0.4, 0.5) is 0 Å². The van der Waals surface area contributed by atoms with Crippen LogP contribution in [0.1, 0.15) is 28.9 Å². The second-order valence-corrected chi connectivity index (χ2v) is 9.33. The van der Waals surface area contributed by atoms with Gasteiger partial charge in [-0.2, -0.15) is 0 Å². The number of aromatic nitrogens is 1. The Balaban J connectivity index is 0.00000280. The van der Waals surface area contributed by atoms with Gasteiger partial charge in [0.25, 0.3) is 0 Å². The molecule has 1 aliphatic heterocycles. The average Bonchev–Trinajstić information content (AvgIpc) is 3.26. The number of hydrogen-bond donors (Lipinski definition) is 1. The Morgan fingerprint density at radius 3 is 2.79 bits per heavy atom. The molecule has 0 aliphatic carbocycles. The first-order valence-corrected chi connectivity index (χ1v) is 11.6. The lowest BCUT2D eigenvalue weighted by Crippen LogP contribution is -2.40. The van der Waals surface area contributed by atoms with Crippen molar-refractivity contribution in [3.63, 3.8) is 0 Å². The van der Waals surface area contributed by atoms with Crippen molar-refractivity contribution in [2.75, 3.05) is 31.9 Å². The fraction of sp³-hybridized carbons (Fsp3) is 0.524. The van der Waals surface area contributed by atoms with E-state index in [4.69, 9.17) is 4.99 Å². The van der Waals surface area contributed by atoms with Crippen molar-refractivity contribution in [1.29, 1.82) is 0 Å². The van der Waals surface area contributed by atoms with Crippen LogP contribution in [0, 0.1) is 19.8 Å². The third kappa shape index (κ3) is 6.91. The van der Waals surface area contributed by atoms with Gasteiger partial charge in [0.15, 0.2) is 5.96 Å². The van der Waals surface area contributed by atoms with Gasteiger partial charge < -0.3 is 10.2 Å². The third-order valence-corrected chi connectivity index (χ3v) is 7.13. The zero-order valence-electron chi connectivity index (χ0n) is 17.0. The van der Waals surface area contributed by atoms with E-state index < -0.39 is 0 Å². The summed E-state index contributed by atoms with van der Waals surface area (Å²) in [5, 5.41) is 4.63. The molecule has 0 bridgehead atoms. The molecule has 0 spiro atoms. The van der Waals surface area contributed by atoms with E-state index >= 15 is 0 Å². The van der Waals surface area contributed by atoms with E-state index in [2.05, 4.69) is 66.3 Å². The van der Waals surface area contributed by atoms with E-state index in [-0.39, 0.29) is 24.0 Å². The van der Waals surface area contributed by atoms with E-state index in [1.54, 1.807) is 11.3 Å². The fourth-order valence-electron chi connectivity index (χ4n) is 3.39. The Morgan fingerprint density at radius 2 is 2.11 bits per heavy atom. The Hall–Kier alpha value is -0.800. The van der Waals surface area contributed by atoms with Gasteiger partial charge in [0.2, 0.25) is 0 Å². The summed E-state index contributed by atoms with van der Waals surface area (Å²) in [7, 11) is 0. The Kier molecular flexibility index (Phi) is 10.1. The number of aryl methyl sites for hydroxylation is 2. The standard InChI is InChI=1S/C21H30N4S2.HI/c1-4-22-21(23-12-10-20-16(2)24-17(3)27-20)25-13-11-18(14-25)15-26-19-8-6-5-7-9-19;/h5-9,18H,4,10-15H2,1-3H3,(H,22,23);1H. The first kappa shape index (κ1) is 23.5. The zero-order chi connectivity index (χ0) is 19.1. The molecule has 1 unspecified atom stereocenters. The monoisotopic (exact) mass is 530 g/mol. The molecule has 1 aromatic heterocycles. The van der Waals surface area contributed by atoms with Gasteiger partial charge in [0.05, 0.1) is 10.7 Å². The number of benzene rings is 1. The summed E-state index contributed by atoms with van der Waals surface area (Å²) in [5.41, 5.74) is 1.16. The van der Waals surface area contributed by atoms with Gasteiger partial charge in [-0.25, -0.2) is 4.98 Å². The molecule has 2 aromatic rings. The predicted octanol–water partition coefficient (Wildman–Crippen LogP) is 5.00. The number of thiazole rings is 1. The summed E-state index contributed by atoms with van der Waals surface area (Å²) < 4.78 is 0. The normalized spacial score (nSPS) is 16.9. The molecule has 28 heavy (non-hydrogen) atoms. The average molecular weight is 531 g/mol. The second kappa shape index (κ2) is 12.0. The summed E-state index contributed by atoms with van der Waals surface area (Å²) in [4.78, 5) is 14.6. The van der Waals surface area contributed by atoms with Crippen LogP contribution >= 0.6 is 47.1 Å². The molecule has 4 nitrogen and oxygen atoms in total. The number of nitrogens with one attached hydrogen (secondary N) is 1. The number of nitrogens with zero attached hydrogens (tertiary/aromatic N) is 3. The summed E-state index contributed by atoms with van der Waals surface area (Å²) in [5.74, 6) is 2.98. The highest BCUT2D eigenvalue weighted by Gasteiger charge is 2.24. The lowest BCUT2D eigenvalue weighted by atomic mass is 10.2. The molecule has 7 heteroatoms. The summed E-state index contributed by atoms with van der Waals surface area (Å²) in [6, 6.07) is 10.7. The Morgan fingerprint density at radius 1 is 1.32 bits per heavy atom. The number of rotatable bonds is 7. The van der Waals surface area contributed by atoms with Crippen LogP contribution in [0.3, 0.4) is 0 Å². The van der Waals surface area contributed by atoms with Crippen molar-refractivity contribution in [2.45, 2.75) is 38.5 Å². The fourth-order valence-corrected chi connectivity index (χ4v) is 5.36. The van der Waals surface area contributed by atoms with Crippen molar-refractivity contribution in [3.8, 4) is 0 Å². The maximum atomic E-state index is 4.90. The minimum absolute atomic E-state index is 0. The van der Waals surface area contributed by atoms with Gasteiger partial charge in [-0.3, -0.25) is 4.99 Å². The molecular weight excluding hydrogens is 499 g/mol. The lowest BCUT2D eigenvalue weighted by molar-refractivity contribution is 0.474. The largest absolute Gasteiger partial charge is 0.357 e. The van der Waals surface area contributed by atoms with Gasteiger partial charge in [-0.05, 0) is 45.2 Å². The topological polar surface area (TPSA) is 40.5 Å². The van der Waals surface area contributed by atoms with Crippen LogP contribution < -0.4 is 5.32 Å². The molecule has 1 fully saturated rings. The number of thioether (sulfide) groups is 1. The SMILES string of the molecule is CCNC(=NCCc1sc(C)nc1C)N1CCC(CSc2ccccc2)C1.I. The molecule has 2 heterocycles. The van der Waals surface area contributed by atoms with Crippen molar-refractivity contribution >= 4 is 53.0 Å². The molecule has 0 saturated carbocycles. The number of halogens is 1. The number of hydrogen-bond acceptors (Lipinski definition) is 4. The van der Waals surface area contributed by atoms with Crippen molar-refractivity contribution in [3.05, 3.63) is 45.9 Å².